The number of hydrogen-bond acceptors (Lipinski definition) is 6. The van der Waals surface area contributed by atoms with Crippen molar-refractivity contribution in [2.75, 3.05) is 13.1 Å². The smallest absolute Gasteiger partial charge is 0.262 e. The number of thiophene rings is 1. The molecular weight excluding hydrogens is 484 g/mol. The van der Waals surface area contributed by atoms with Crippen molar-refractivity contribution < 1.29 is 14.6 Å². The molecule has 3 N–H and O–H groups in total. The fourth-order valence-electron chi connectivity index (χ4n) is 4.46. The average molecular weight is 511 g/mol. The van der Waals surface area contributed by atoms with Gasteiger partial charge in [0.1, 0.15) is 22.4 Å². The Morgan fingerprint density at radius 3 is 2.83 bits per heavy atom. The highest BCUT2D eigenvalue weighted by atomic mass is 35.5. The van der Waals surface area contributed by atoms with Crippen LogP contribution in [-0.2, 0) is 6.54 Å². The molecule has 7 nitrogen and oxygen atoms in total. The van der Waals surface area contributed by atoms with Crippen LogP contribution in [0.3, 0.4) is 0 Å². The first-order valence-electron chi connectivity index (χ1n) is 11.6. The second-order valence-electron chi connectivity index (χ2n) is 8.86. The van der Waals surface area contributed by atoms with Crippen molar-refractivity contribution in [3.63, 3.8) is 0 Å². The van der Waals surface area contributed by atoms with Crippen molar-refractivity contribution in [2.45, 2.75) is 38.5 Å². The van der Waals surface area contributed by atoms with E-state index in [1.807, 2.05) is 53.9 Å². The van der Waals surface area contributed by atoms with E-state index >= 15 is 0 Å². The number of rotatable bonds is 7. The number of pyridine rings is 1. The lowest BCUT2D eigenvalue weighted by Crippen LogP contribution is -2.35. The average Bonchev–Trinajstić information content (AvgIpc) is 3.45. The summed E-state index contributed by atoms with van der Waals surface area (Å²) in [4.78, 5) is 20.1. The molecule has 4 heterocycles. The van der Waals surface area contributed by atoms with Gasteiger partial charge in [-0.1, -0.05) is 29.8 Å². The number of carbonyl (C=O) groups excluding carboxylic acids is 1. The first-order chi connectivity index (χ1) is 16.9. The van der Waals surface area contributed by atoms with Crippen molar-refractivity contribution in [1.82, 2.24) is 14.3 Å². The fraction of sp³-hybridized carbons (Fsp3) is 0.308. The van der Waals surface area contributed by atoms with E-state index in [1.165, 1.54) is 11.3 Å². The number of aliphatic hydroxyl groups excluding tert-OH is 1. The maximum absolute atomic E-state index is 12.2. The molecule has 1 saturated heterocycles. The summed E-state index contributed by atoms with van der Waals surface area (Å²) in [5.74, 6) is -0.103. The van der Waals surface area contributed by atoms with Gasteiger partial charge in [-0.15, -0.1) is 11.3 Å². The molecule has 1 aromatic carbocycles. The number of likely N-dealkylation sites (tertiary alicyclic amines) is 1. The number of amides is 1. The number of nitrogens with zero attached hydrogens (tertiary/aromatic N) is 3. The van der Waals surface area contributed by atoms with Gasteiger partial charge in [-0.2, -0.15) is 0 Å². The van der Waals surface area contributed by atoms with Crippen LogP contribution in [0.2, 0.25) is 5.02 Å². The second kappa shape index (κ2) is 9.99. The minimum absolute atomic E-state index is 0.189. The minimum atomic E-state index is -0.537. The van der Waals surface area contributed by atoms with Crippen molar-refractivity contribution in [3.05, 3.63) is 75.9 Å². The summed E-state index contributed by atoms with van der Waals surface area (Å²) >= 11 is 7.93. The molecule has 0 bridgehead atoms. The zero-order chi connectivity index (χ0) is 24.5. The number of ether oxygens (including phenoxy) is 1. The SMILES string of the molecule is C[C@@H](Oc1cc(-c2cnc3ccccn23)sc1C(N)=O)c1ccc(CN2CCC(O)CC2)cc1Cl. The van der Waals surface area contributed by atoms with Gasteiger partial charge in [0.15, 0.2) is 0 Å². The van der Waals surface area contributed by atoms with Crippen molar-refractivity contribution in [2.24, 2.45) is 5.73 Å². The van der Waals surface area contributed by atoms with Crippen molar-refractivity contribution in [1.29, 1.82) is 0 Å². The number of fused-ring (bicyclic) bond motifs is 1. The van der Waals surface area contributed by atoms with Gasteiger partial charge in [0.2, 0.25) is 0 Å². The van der Waals surface area contributed by atoms with E-state index in [4.69, 9.17) is 22.1 Å². The Labute approximate surface area is 212 Å². The molecule has 9 heteroatoms. The van der Waals surface area contributed by atoms with E-state index in [1.54, 1.807) is 6.20 Å². The molecule has 3 aromatic heterocycles. The number of primary amides is 1. The monoisotopic (exact) mass is 510 g/mol. The summed E-state index contributed by atoms with van der Waals surface area (Å²) in [6.45, 7) is 4.45. The van der Waals surface area contributed by atoms with E-state index in [0.29, 0.717) is 15.6 Å². The van der Waals surface area contributed by atoms with Gasteiger partial charge < -0.3 is 15.6 Å². The normalized spacial score (nSPS) is 16.0. The molecule has 0 aliphatic carbocycles. The van der Waals surface area contributed by atoms with Crippen molar-refractivity contribution in [3.8, 4) is 16.3 Å². The first-order valence-corrected chi connectivity index (χ1v) is 12.8. The molecule has 0 unspecified atom stereocenters. The number of piperidine rings is 1. The minimum Gasteiger partial charge on any atom is -0.484 e. The molecule has 35 heavy (non-hydrogen) atoms. The molecule has 0 radical (unpaired) electrons. The number of aliphatic hydroxyl groups is 1. The lowest BCUT2D eigenvalue weighted by molar-refractivity contribution is 0.0792. The predicted octanol–water partition coefficient (Wildman–Crippen LogP) is 4.91. The highest BCUT2D eigenvalue weighted by Gasteiger charge is 2.22. The van der Waals surface area contributed by atoms with Crippen LogP contribution >= 0.6 is 22.9 Å². The Kier molecular flexibility index (Phi) is 6.80. The van der Waals surface area contributed by atoms with Crippen LogP contribution in [-0.4, -0.2) is 44.5 Å². The van der Waals surface area contributed by atoms with Gasteiger partial charge in [-0.25, -0.2) is 4.98 Å². The quantitative estimate of drug-likeness (QED) is 0.368. The molecule has 4 aromatic rings. The summed E-state index contributed by atoms with van der Waals surface area (Å²) in [5, 5.41) is 10.3. The van der Waals surface area contributed by atoms with Gasteiger partial charge in [-0.3, -0.25) is 14.1 Å². The van der Waals surface area contributed by atoms with Gasteiger partial charge in [-0.05, 0) is 43.5 Å². The number of hydrogen-bond donors (Lipinski definition) is 2. The molecule has 0 saturated carbocycles. The van der Waals surface area contributed by atoms with Crippen LogP contribution in [0.25, 0.3) is 16.2 Å². The van der Waals surface area contributed by atoms with Crippen LogP contribution in [0.15, 0.2) is 54.9 Å². The summed E-state index contributed by atoms with van der Waals surface area (Å²) < 4.78 is 8.18. The van der Waals surface area contributed by atoms with Crippen LogP contribution < -0.4 is 10.5 Å². The molecule has 0 spiro atoms. The lowest BCUT2D eigenvalue weighted by Gasteiger charge is -2.29. The van der Waals surface area contributed by atoms with E-state index in [2.05, 4.69) is 16.0 Å². The molecular formula is C26H27ClN4O3S. The largest absolute Gasteiger partial charge is 0.484 e. The molecule has 1 fully saturated rings. The van der Waals surface area contributed by atoms with E-state index in [-0.39, 0.29) is 12.2 Å². The van der Waals surface area contributed by atoms with Crippen LogP contribution in [0.4, 0.5) is 0 Å². The third-order valence-corrected chi connectivity index (χ3v) is 7.84. The number of imidazole rings is 1. The number of carbonyl (C=O) groups is 1. The molecule has 1 amide bonds. The summed E-state index contributed by atoms with van der Waals surface area (Å²) in [5.41, 5.74) is 9.31. The van der Waals surface area contributed by atoms with Crippen LogP contribution in [0.1, 0.15) is 46.7 Å². The van der Waals surface area contributed by atoms with E-state index < -0.39 is 5.91 Å². The fourth-order valence-corrected chi connectivity index (χ4v) is 5.77. The number of aromatic nitrogens is 2. The highest BCUT2D eigenvalue weighted by Crippen LogP contribution is 2.39. The third kappa shape index (κ3) is 5.06. The zero-order valence-corrected chi connectivity index (χ0v) is 20.9. The second-order valence-corrected chi connectivity index (χ2v) is 10.3. The molecule has 1 aliphatic rings. The van der Waals surface area contributed by atoms with Gasteiger partial charge in [0, 0.05) is 42.5 Å². The Morgan fingerprint density at radius 1 is 1.29 bits per heavy atom. The van der Waals surface area contributed by atoms with E-state index in [0.717, 1.165) is 59.8 Å². The zero-order valence-electron chi connectivity index (χ0n) is 19.4. The standard InChI is InChI=1S/C26H27ClN4O3S/c1-16(19-6-5-17(12-20(19)27)15-30-10-7-18(32)8-11-30)34-22-13-23(35-25(22)26(28)33)21-14-29-24-4-2-3-9-31(21)24/h2-6,9,12-14,16,18,32H,7-8,10-11,15H2,1H3,(H2,28,33)/t16-/m1/s1. The summed E-state index contributed by atoms with van der Waals surface area (Å²) in [6, 6.07) is 13.6. The van der Waals surface area contributed by atoms with Crippen molar-refractivity contribution >= 4 is 34.5 Å². The Bertz CT molecular complexity index is 1360. The summed E-state index contributed by atoms with van der Waals surface area (Å²) in [6.07, 6.45) is 4.73. The number of benzene rings is 1. The molecule has 182 valence electrons. The maximum atomic E-state index is 12.2. The number of halogens is 1. The third-order valence-electron chi connectivity index (χ3n) is 6.36. The maximum Gasteiger partial charge on any atom is 0.262 e. The number of nitrogens with two attached hydrogens (primary N) is 1. The topological polar surface area (TPSA) is 93.1 Å². The van der Waals surface area contributed by atoms with E-state index in [9.17, 15) is 9.90 Å². The molecule has 1 aliphatic heterocycles. The Morgan fingerprint density at radius 2 is 2.09 bits per heavy atom. The Balaban J connectivity index is 1.35. The van der Waals surface area contributed by atoms with Gasteiger partial charge in [0.25, 0.3) is 5.91 Å². The Hall–Kier alpha value is -2.91. The summed E-state index contributed by atoms with van der Waals surface area (Å²) in [7, 11) is 0. The van der Waals surface area contributed by atoms with Gasteiger partial charge in [0.05, 0.1) is 22.9 Å². The first kappa shape index (κ1) is 23.8. The predicted molar refractivity (Wildman–Crippen MR) is 138 cm³/mol. The highest BCUT2D eigenvalue weighted by molar-refractivity contribution is 7.17. The molecule has 5 rings (SSSR count). The van der Waals surface area contributed by atoms with Gasteiger partial charge >= 0.3 is 0 Å². The lowest BCUT2D eigenvalue weighted by atomic mass is 10.0. The van der Waals surface area contributed by atoms with Crippen LogP contribution in [0.5, 0.6) is 5.75 Å². The molecule has 1 atom stereocenters. The van der Waals surface area contributed by atoms with Crippen LogP contribution in [0, 0.1) is 0 Å².